The first-order valence-electron chi connectivity index (χ1n) is 7.24. The minimum atomic E-state index is -1.06. The Morgan fingerprint density at radius 3 is 2.33 bits per heavy atom. The van der Waals surface area contributed by atoms with Crippen molar-refractivity contribution in [2.45, 2.75) is 31.5 Å². The zero-order chi connectivity index (χ0) is 14.9. The van der Waals surface area contributed by atoms with Crippen LogP contribution in [-0.4, -0.2) is 18.3 Å². The lowest BCUT2D eigenvalue weighted by molar-refractivity contribution is 0.102. The van der Waals surface area contributed by atoms with Gasteiger partial charge < -0.3 is 14.6 Å². The molecule has 3 nitrogen and oxygen atoms in total. The summed E-state index contributed by atoms with van der Waals surface area (Å²) in [5.41, 5.74) is 0.573. The fourth-order valence-corrected chi connectivity index (χ4v) is 2.33. The molecule has 1 N–H and O–H groups in total. The average molecular weight is 284 g/mol. The molecule has 1 saturated carbocycles. The van der Waals surface area contributed by atoms with Crippen LogP contribution in [0.5, 0.6) is 11.5 Å². The van der Waals surface area contributed by atoms with Crippen LogP contribution in [0.1, 0.15) is 30.9 Å². The molecule has 2 aromatic rings. The van der Waals surface area contributed by atoms with E-state index in [2.05, 4.69) is 0 Å². The number of hydrogen-bond acceptors (Lipinski definition) is 3. The Morgan fingerprint density at radius 1 is 1.00 bits per heavy atom. The molecule has 0 saturated heterocycles. The smallest absolute Gasteiger partial charge is 0.119 e. The molecular weight excluding hydrogens is 264 g/mol. The third-order valence-corrected chi connectivity index (χ3v) is 3.88. The molecule has 3 heteroatoms. The fourth-order valence-electron chi connectivity index (χ4n) is 2.33. The molecule has 0 bridgehead atoms. The fraction of sp³-hybridized carbons (Fsp3) is 0.333. The number of rotatable bonds is 5. The summed E-state index contributed by atoms with van der Waals surface area (Å²) in [4.78, 5) is 0. The van der Waals surface area contributed by atoms with Gasteiger partial charge in [-0.15, -0.1) is 0 Å². The van der Waals surface area contributed by atoms with Gasteiger partial charge in [-0.2, -0.15) is 0 Å². The largest absolute Gasteiger partial charge is 0.497 e. The van der Waals surface area contributed by atoms with Crippen LogP contribution in [0.25, 0.3) is 0 Å². The summed E-state index contributed by atoms with van der Waals surface area (Å²) in [6, 6.07) is 15.2. The molecule has 110 valence electrons. The van der Waals surface area contributed by atoms with E-state index in [0.717, 1.165) is 35.5 Å². The molecule has 21 heavy (non-hydrogen) atoms. The van der Waals surface area contributed by atoms with Gasteiger partial charge in [-0.05, 0) is 55.2 Å². The number of methoxy groups -OCH3 is 1. The Morgan fingerprint density at radius 2 is 1.71 bits per heavy atom. The van der Waals surface area contributed by atoms with Crippen LogP contribution in [0.2, 0.25) is 0 Å². The van der Waals surface area contributed by atoms with E-state index >= 15 is 0 Å². The predicted molar refractivity (Wildman–Crippen MR) is 81.8 cm³/mol. The van der Waals surface area contributed by atoms with Crippen molar-refractivity contribution in [3.8, 4) is 11.5 Å². The Labute approximate surface area is 125 Å². The Bertz CT molecular complexity index is 613. The molecule has 0 radical (unpaired) electrons. The lowest BCUT2D eigenvalue weighted by atomic mass is 9.88. The monoisotopic (exact) mass is 284 g/mol. The molecule has 1 atom stereocenters. The summed E-state index contributed by atoms with van der Waals surface area (Å²) in [5, 5.41) is 10.9. The van der Waals surface area contributed by atoms with E-state index in [1.807, 2.05) is 48.5 Å². The summed E-state index contributed by atoms with van der Waals surface area (Å²) in [6.07, 6.45) is 2.67. The normalized spacial score (nSPS) is 17.1. The lowest BCUT2D eigenvalue weighted by Gasteiger charge is -2.25. The highest BCUT2D eigenvalue weighted by Crippen LogP contribution is 2.33. The summed E-state index contributed by atoms with van der Waals surface area (Å²) in [6.45, 7) is 1.79. The lowest BCUT2D eigenvalue weighted by Crippen LogP contribution is -2.22. The third-order valence-electron chi connectivity index (χ3n) is 3.88. The van der Waals surface area contributed by atoms with Crippen molar-refractivity contribution in [2.24, 2.45) is 0 Å². The van der Waals surface area contributed by atoms with E-state index in [0.29, 0.717) is 6.10 Å². The van der Waals surface area contributed by atoms with Crippen molar-refractivity contribution >= 4 is 0 Å². The second-order valence-electron chi connectivity index (χ2n) is 5.65. The topological polar surface area (TPSA) is 38.7 Å². The average Bonchev–Trinajstić information content (AvgIpc) is 3.32. The Balaban J connectivity index is 1.85. The molecule has 1 unspecified atom stereocenters. The minimum absolute atomic E-state index is 0.384. The highest BCUT2D eigenvalue weighted by molar-refractivity contribution is 5.41. The SMILES string of the molecule is COc1cccc(C(C)(O)c2ccc(OC3CC3)cc2)c1. The predicted octanol–water partition coefficient (Wildman–Crippen LogP) is 3.49. The maximum absolute atomic E-state index is 10.9. The van der Waals surface area contributed by atoms with Gasteiger partial charge in [-0.1, -0.05) is 24.3 Å². The van der Waals surface area contributed by atoms with Crippen LogP contribution in [-0.2, 0) is 5.60 Å². The van der Waals surface area contributed by atoms with Crippen molar-refractivity contribution in [3.63, 3.8) is 0 Å². The minimum Gasteiger partial charge on any atom is -0.497 e. The highest BCUT2D eigenvalue weighted by Gasteiger charge is 2.27. The molecule has 0 amide bonds. The van der Waals surface area contributed by atoms with E-state index in [1.54, 1.807) is 14.0 Å². The van der Waals surface area contributed by atoms with Gasteiger partial charge in [0.1, 0.15) is 17.1 Å². The van der Waals surface area contributed by atoms with E-state index in [1.165, 1.54) is 0 Å². The first kappa shape index (κ1) is 14.0. The Hall–Kier alpha value is -2.00. The first-order chi connectivity index (χ1) is 10.1. The molecule has 3 rings (SSSR count). The molecule has 2 aromatic carbocycles. The van der Waals surface area contributed by atoms with Crippen LogP contribution in [0.15, 0.2) is 48.5 Å². The van der Waals surface area contributed by atoms with Crippen LogP contribution < -0.4 is 9.47 Å². The van der Waals surface area contributed by atoms with Gasteiger partial charge in [0.15, 0.2) is 0 Å². The maximum atomic E-state index is 10.9. The third kappa shape index (κ3) is 3.03. The Kier molecular flexibility index (Phi) is 3.60. The highest BCUT2D eigenvalue weighted by atomic mass is 16.5. The van der Waals surface area contributed by atoms with Crippen molar-refractivity contribution in [2.75, 3.05) is 7.11 Å². The molecule has 1 aliphatic carbocycles. The molecular formula is C18H20O3. The number of hydrogen-bond donors (Lipinski definition) is 1. The molecule has 1 fully saturated rings. The van der Waals surface area contributed by atoms with E-state index < -0.39 is 5.60 Å². The van der Waals surface area contributed by atoms with Crippen LogP contribution in [0, 0.1) is 0 Å². The van der Waals surface area contributed by atoms with Gasteiger partial charge >= 0.3 is 0 Å². The standard InChI is InChI=1S/C18H20O3/c1-18(19,14-4-3-5-17(12-14)20-2)13-6-8-15(9-7-13)21-16-10-11-16/h3-9,12,16,19H,10-11H2,1-2H3. The molecule has 0 aliphatic heterocycles. The summed E-state index contributed by atoms with van der Waals surface area (Å²) in [7, 11) is 1.62. The van der Waals surface area contributed by atoms with Gasteiger partial charge in [0.25, 0.3) is 0 Å². The van der Waals surface area contributed by atoms with Crippen LogP contribution >= 0.6 is 0 Å². The van der Waals surface area contributed by atoms with E-state index in [-0.39, 0.29) is 0 Å². The molecule has 1 aliphatic rings. The van der Waals surface area contributed by atoms with Crippen molar-refractivity contribution in [3.05, 3.63) is 59.7 Å². The van der Waals surface area contributed by atoms with Gasteiger partial charge in [-0.25, -0.2) is 0 Å². The van der Waals surface area contributed by atoms with Crippen molar-refractivity contribution in [1.29, 1.82) is 0 Å². The second-order valence-corrected chi connectivity index (χ2v) is 5.65. The second kappa shape index (κ2) is 5.41. The maximum Gasteiger partial charge on any atom is 0.119 e. The molecule has 0 heterocycles. The van der Waals surface area contributed by atoms with Gasteiger partial charge in [0.2, 0.25) is 0 Å². The first-order valence-corrected chi connectivity index (χ1v) is 7.24. The summed E-state index contributed by atoms with van der Waals surface area (Å²) >= 11 is 0. The van der Waals surface area contributed by atoms with E-state index in [4.69, 9.17) is 9.47 Å². The van der Waals surface area contributed by atoms with Gasteiger partial charge in [-0.3, -0.25) is 0 Å². The molecule has 0 spiro atoms. The van der Waals surface area contributed by atoms with Crippen LogP contribution in [0.3, 0.4) is 0 Å². The van der Waals surface area contributed by atoms with Gasteiger partial charge in [0, 0.05) is 0 Å². The van der Waals surface area contributed by atoms with E-state index in [9.17, 15) is 5.11 Å². The quantitative estimate of drug-likeness (QED) is 0.913. The zero-order valence-electron chi connectivity index (χ0n) is 12.4. The van der Waals surface area contributed by atoms with Crippen LogP contribution in [0.4, 0.5) is 0 Å². The number of benzene rings is 2. The van der Waals surface area contributed by atoms with Gasteiger partial charge in [0.05, 0.1) is 13.2 Å². The number of ether oxygens (including phenoxy) is 2. The van der Waals surface area contributed by atoms with Crippen molar-refractivity contribution in [1.82, 2.24) is 0 Å². The molecule has 0 aromatic heterocycles. The summed E-state index contributed by atoms with van der Waals surface area (Å²) < 4.78 is 11.0. The number of aliphatic hydroxyl groups is 1. The zero-order valence-corrected chi connectivity index (χ0v) is 12.4. The summed E-state index contributed by atoms with van der Waals surface area (Å²) in [5.74, 6) is 1.60. The van der Waals surface area contributed by atoms with Crippen molar-refractivity contribution < 1.29 is 14.6 Å².